The van der Waals surface area contributed by atoms with Crippen LogP contribution in [0.4, 0.5) is 11.5 Å². The van der Waals surface area contributed by atoms with E-state index >= 15 is 0 Å². The van der Waals surface area contributed by atoms with Crippen LogP contribution < -0.4 is 10.6 Å². The molecule has 8 nitrogen and oxygen atoms in total. The number of carbonyl (C=O) groups is 2. The van der Waals surface area contributed by atoms with E-state index in [1.54, 1.807) is 0 Å². The Kier molecular flexibility index (Phi) is 3.61. The van der Waals surface area contributed by atoms with E-state index in [9.17, 15) is 19.7 Å². The number of nitrogens with one attached hydrogen (secondary N) is 2. The van der Waals surface area contributed by atoms with Crippen LogP contribution in [0.2, 0.25) is 5.02 Å². The summed E-state index contributed by atoms with van der Waals surface area (Å²) in [7, 11) is 0. The van der Waals surface area contributed by atoms with E-state index < -0.39 is 16.9 Å². The monoisotopic (exact) mass is 284 g/mol. The number of nitro groups is 1. The zero-order chi connectivity index (χ0) is 14.0. The number of hydrogen-bond donors (Lipinski definition) is 2. The van der Waals surface area contributed by atoms with Gasteiger partial charge in [-0.1, -0.05) is 11.6 Å². The highest BCUT2D eigenvalue weighted by Gasteiger charge is 2.29. The number of amides is 2. The maximum absolute atomic E-state index is 11.5. The normalized spacial score (nSPS) is 18.9. The second-order valence-electron chi connectivity index (χ2n) is 3.93. The molecule has 1 aliphatic rings. The molecule has 9 heteroatoms. The number of hydrogen-bond acceptors (Lipinski definition) is 6. The van der Waals surface area contributed by atoms with Gasteiger partial charge in [0.2, 0.25) is 17.6 Å². The Hall–Kier alpha value is -2.22. The zero-order valence-corrected chi connectivity index (χ0v) is 10.3. The van der Waals surface area contributed by atoms with Gasteiger partial charge in [0, 0.05) is 18.7 Å². The minimum atomic E-state index is -0.731. The minimum absolute atomic E-state index is 0.0519. The Morgan fingerprint density at radius 2 is 2.26 bits per heavy atom. The zero-order valence-electron chi connectivity index (χ0n) is 9.55. The molecule has 0 aromatic carbocycles. The van der Waals surface area contributed by atoms with Gasteiger partial charge in [-0.3, -0.25) is 25.0 Å². The summed E-state index contributed by atoms with van der Waals surface area (Å²) >= 11 is 5.63. The molecule has 2 amide bonds. The number of rotatable bonds is 3. The molecule has 1 atom stereocenters. The van der Waals surface area contributed by atoms with Crippen molar-refractivity contribution < 1.29 is 14.5 Å². The molecule has 0 spiro atoms. The summed E-state index contributed by atoms with van der Waals surface area (Å²) in [6.45, 7) is 0. The molecular formula is C10H9ClN4O4. The third-order valence-corrected chi connectivity index (χ3v) is 2.79. The number of aromatic nitrogens is 1. The molecular weight excluding hydrogens is 276 g/mol. The highest BCUT2D eigenvalue weighted by Crippen LogP contribution is 2.26. The number of piperidine rings is 1. The molecule has 1 saturated heterocycles. The Morgan fingerprint density at radius 3 is 2.89 bits per heavy atom. The lowest BCUT2D eigenvalue weighted by Gasteiger charge is -2.21. The van der Waals surface area contributed by atoms with Gasteiger partial charge in [-0.05, 0) is 6.42 Å². The molecule has 1 fully saturated rings. The number of carbonyl (C=O) groups excluding carboxylic acids is 2. The summed E-state index contributed by atoms with van der Waals surface area (Å²) in [5.74, 6) is -0.937. The van der Waals surface area contributed by atoms with Gasteiger partial charge < -0.3 is 5.32 Å². The number of halogens is 1. The molecule has 19 heavy (non-hydrogen) atoms. The van der Waals surface area contributed by atoms with Gasteiger partial charge in [0.05, 0.1) is 9.95 Å². The molecule has 2 rings (SSSR count). The second kappa shape index (κ2) is 5.19. The average molecular weight is 285 g/mol. The maximum Gasteiger partial charge on any atom is 0.312 e. The van der Waals surface area contributed by atoms with Crippen molar-refractivity contribution in [1.82, 2.24) is 10.3 Å². The minimum Gasteiger partial charge on any atom is -0.353 e. The van der Waals surface area contributed by atoms with Gasteiger partial charge in [0.15, 0.2) is 0 Å². The van der Waals surface area contributed by atoms with Crippen molar-refractivity contribution in [3.8, 4) is 0 Å². The van der Waals surface area contributed by atoms with E-state index in [2.05, 4.69) is 15.6 Å². The van der Waals surface area contributed by atoms with E-state index in [4.69, 9.17) is 11.6 Å². The maximum atomic E-state index is 11.5. The van der Waals surface area contributed by atoms with E-state index in [1.165, 1.54) is 6.20 Å². The molecule has 100 valence electrons. The van der Waals surface area contributed by atoms with Crippen LogP contribution in [0.25, 0.3) is 0 Å². The van der Waals surface area contributed by atoms with Crippen LogP contribution in [-0.4, -0.2) is 27.8 Å². The smallest absolute Gasteiger partial charge is 0.312 e. The molecule has 1 aromatic heterocycles. The molecule has 1 aliphatic heterocycles. The van der Waals surface area contributed by atoms with Crippen molar-refractivity contribution in [2.24, 2.45) is 0 Å². The highest BCUT2D eigenvalue weighted by molar-refractivity contribution is 6.30. The van der Waals surface area contributed by atoms with Crippen LogP contribution in [0, 0.1) is 10.1 Å². The summed E-state index contributed by atoms with van der Waals surface area (Å²) in [5.41, 5.74) is -0.322. The SMILES string of the molecule is O=C1CCC(Nc2ncc(Cl)cc2[N+](=O)[O-])C(=O)N1. The molecule has 0 radical (unpaired) electrons. The fourth-order valence-electron chi connectivity index (χ4n) is 1.68. The summed E-state index contributed by atoms with van der Waals surface area (Å²) < 4.78 is 0. The lowest BCUT2D eigenvalue weighted by molar-refractivity contribution is -0.384. The number of nitrogens with zero attached hydrogens (tertiary/aromatic N) is 2. The Bertz CT molecular complexity index is 562. The van der Waals surface area contributed by atoms with Gasteiger partial charge in [0.25, 0.3) is 0 Å². The topological polar surface area (TPSA) is 114 Å². The Balaban J connectivity index is 2.21. The largest absolute Gasteiger partial charge is 0.353 e. The summed E-state index contributed by atoms with van der Waals surface area (Å²) in [6, 6.07) is 0.410. The fraction of sp³-hybridized carbons (Fsp3) is 0.300. The molecule has 2 N–H and O–H groups in total. The van der Waals surface area contributed by atoms with Crippen molar-refractivity contribution in [2.45, 2.75) is 18.9 Å². The first-order chi connectivity index (χ1) is 8.97. The van der Waals surface area contributed by atoms with E-state index in [0.717, 1.165) is 6.07 Å². The first-order valence-corrected chi connectivity index (χ1v) is 5.75. The Labute approximate surface area is 112 Å². The lowest BCUT2D eigenvalue weighted by atomic mass is 10.1. The molecule has 2 heterocycles. The first kappa shape index (κ1) is 13.2. The quantitative estimate of drug-likeness (QED) is 0.483. The van der Waals surface area contributed by atoms with Crippen molar-refractivity contribution in [3.05, 3.63) is 27.4 Å². The van der Waals surface area contributed by atoms with Gasteiger partial charge >= 0.3 is 5.69 Å². The van der Waals surface area contributed by atoms with Crippen LogP contribution in [0.3, 0.4) is 0 Å². The van der Waals surface area contributed by atoms with Gasteiger partial charge in [-0.15, -0.1) is 0 Å². The predicted molar refractivity (Wildman–Crippen MR) is 65.7 cm³/mol. The molecule has 0 bridgehead atoms. The first-order valence-electron chi connectivity index (χ1n) is 5.37. The summed E-state index contributed by atoms with van der Waals surface area (Å²) in [6.07, 6.45) is 1.67. The van der Waals surface area contributed by atoms with Crippen LogP contribution >= 0.6 is 11.6 Å². The van der Waals surface area contributed by atoms with Crippen molar-refractivity contribution in [1.29, 1.82) is 0 Å². The van der Waals surface area contributed by atoms with Crippen LogP contribution in [0.5, 0.6) is 0 Å². The lowest BCUT2D eigenvalue weighted by Crippen LogP contribution is -2.47. The number of pyridine rings is 1. The van der Waals surface area contributed by atoms with Crippen LogP contribution in [0.1, 0.15) is 12.8 Å². The van der Waals surface area contributed by atoms with Gasteiger partial charge in [-0.25, -0.2) is 4.98 Å². The summed E-state index contributed by atoms with van der Waals surface area (Å²) in [4.78, 5) is 36.5. The van der Waals surface area contributed by atoms with Crippen molar-refractivity contribution >= 4 is 34.9 Å². The standard InChI is InChI=1S/C10H9ClN4O4/c11-5-3-7(15(18)19)9(12-4-5)13-6-1-2-8(16)14-10(6)17/h3-4,6H,1-2H2,(H,12,13)(H,14,16,17). The predicted octanol–water partition coefficient (Wildman–Crippen LogP) is 0.860. The highest BCUT2D eigenvalue weighted by atomic mass is 35.5. The third kappa shape index (κ3) is 2.97. The van der Waals surface area contributed by atoms with Crippen LogP contribution in [-0.2, 0) is 9.59 Å². The molecule has 1 unspecified atom stereocenters. The van der Waals surface area contributed by atoms with Crippen molar-refractivity contribution in [2.75, 3.05) is 5.32 Å². The molecule has 1 aromatic rings. The van der Waals surface area contributed by atoms with Crippen LogP contribution in [0.15, 0.2) is 12.3 Å². The van der Waals surface area contributed by atoms with E-state index in [-0.39, 0.29) is 35.3 Å². The second-order valence-corrected chi connectivity index (χ2v) is 4.36. The number of anilines is 1. The van der Waals surface area contributed by atoms with Gasteiger partial charge in [0.1, 0.15) is 6.04 Å². The van der Waals surface area contributed by atoms with E-state index in [0.29, 0.717) is 0 Å². The molecule has 0 aliphatic carbocycles. The third-order valence-electron chi connectivity index (χ3n) is 2.58. The van der Waals surface area contributed by atoms with Gasteiger partial charge in [-0.2, -0.15) is 0 Å². The van der Waals surface area contributed by atoms with Crippen molar-refractivity contribution in [3.63, 3.8) is 0 Å². The summed E-state index contributed by atoms with van der Waals surface area (Å²) in [5, 5.41) is 15.8. The fourth-order valence-corrected chi connectivity index (χ4v) is 1.83. The molecule has 0 saturated carbocycles. The van der Waals surface area contributed by atoms with E-state index in [1.807, 2.05) is 0 Å². The average Bonchev–Trinajstić information content (AvgIpc) is 2.34. The Morgan fingerprint density at radius 1 is 1.53 bits per heavy atom. The number of imide groups is 1.